The first-order chi connectivity index (χ1) is 7.19. The van der Waals surface area contributed by atoms with Crippen molar-refractivity contribution in [3.8, 4) is 0 Å². The van der Waals surface area contributed by atoms with Gasteiger partial charge >= 0.3 is 5.97 Å². The number of carboxylic acid groups (broad SMARTS) is 1. The maximum absolute atomic E-state index is 10.4. The smallest absolute Gasteiger partial charge is 0.303 e. The fourth-order valence-corrected chi connectivity index (χ4v) is 1.52. The van der Waals surface area contributed by atoms with E-state index in [1.807, 2.05) is 16.8 Å². The molecule has 0 spiro atoms. The molecule has 0 aliphatic heterocycles. The molecule has 2 rings (SSSR count). The molecule has 2 aromatic heterocycles. The molecule has 5 nitrogen and oxygen atoms in total. The number of carbonyl (C=O) groups is 1. The molecule has 5 heteroatoms. The average molecular weight is 207 g/mol. The van der Waals surface area contributed by atoms with Crippen molar-refractivity contribution in [2.24, 2.45) is 0 Å². The minimum absolute atomic E-state index is 0.126. The summed E-state index contributed by atoms with van der Waals surface area (Å²) >= 11 is 0. The molecule has 0 bridgehead atoms. The van der Waals surface area contributed by atoms with Crippen molar-refractivity contribution in [1.29, 1.82) is 0 Å². The molecule has 0 radical (unpaired) electrons. The van der Waals surface area contributed by atoms with E-state index in [2.05, 4.69) is 17.0 Å². The van der Waals surface area contributed by atoms with Gasteiger partial charge in [0.05, 0.1) is 18.3 Å². The van der Waals surface area contributed by atoms with Gasteiger partial charge in [0.15, 0.2) is 5.65 Å². The highest BCUT2D eigenvalue weighted by molar-refractivity contribution is 5.67. The Balaban J connectivity index is 2.17. The Labute approximate surface area is 86.7 Å². The van der Waals surface area contributed by atoms with Gasteiger partial charge in [-0.15, -0.1) is 0 Å². The molecular weight excluding hydrogens is 194 g/mol. The van der Waals surface area contributed by atoms with Gasteiger partial charge in [0.2, 0.25) is 0 Å². The third-order valence-corrected chi connectivity index (χ3v) is 2.33. The maximum Gasteiger partial charge on any atom is 0.303 e. The van der Waals surface area contributed by atoms with Gasteiger partial charge < -0.3 is 5.11 Å². The van der Waals surface area contributed by atoms with Gasteiger partial charge in [-0.3, -0.25) is 9.89 Å². The molecule has 0 saturated heterocycles. The molecule has 0 amide bonds. The second-order valence-electron chi connectivity index (χ2n) is 3.49. The van der Waals surface area contributed by atoms with Gasteiger partial charge in [0, 0.05) is 18.2 Å². The van der Waals surface area contributed by atoms with Crippen molar-refractivity contribution in [2.45, 2.75) is 26.2 Å². The van der Waals surface area contributed by atoms with Crippen LogP contribution in [0.15, 0.2) is 12.3 Å². The number of nitrogens with zero attached hydrogens (tertiary/aromatic N) is 2. The van der Waals surface area contributed by atoms with E-state index in [0.29, 0.717) is 6.42 Å². The summed E-state index contributed by atoms with van der Waals surface area (Å²) < 4.78 is 1.83. The number of rotatable bonds is 4. The summed E-state index contributed by atoms with van der Waals surface area (Å²) in [5.41, 5.74) is 2.79. The molecule has 80 valence electrons. The van der Waals surface area contributed by atoms with E-state index >= 15 is 0 Å². The lowest BCUT2D eigenvalue weighted by Crippen LogP contribution is -1.97. The molecule has 0 saturated carbocycles. The largest absolute Gasteiger partial charge is 0.481 e. The van der Waals surface area contributed by atoms with E-state index in [1.54, 1.807) is 0 Å². The number of nitrogens with one attached hydrogen (secondary N) is 1. The number of aromatic amines is 1. The van der Waals surface area contributed by atoms with Crippen molar-refractivity contribution < 1.29 is 9.90 Å². The molecule has 2 aromatic rings. The minimum atomic E-state index is -0.791. The predicted octanol–water partition coefficient (Wildman–Crippen LogP) is 1.24. The van der Waals surface area contributed by atoms with Gasteiger partial charge in [-0.1, -0.05) is 6.92 Å². The third-order valence-electron chi connectivity index (χ3n) is 2.33. The SMILES string of the molecule is CCc1cc2nc(CCC(=O)O)cn2[nH]1. The number of fused-ring (bicyclic) bond motifs is 1. The molecule has 2 N–H and O–H groups in total. The Kier molecular flexibility index (Phi) is 2.45. The monoisotopic (exact) mass is 207 g/mol. The summed E-state index contributed by atoms with van der Waals surface area (Å²) in [6, 6.07) is 1.98. The van der Waals surface area contributed by atoms with Crippen LogP contribution in [-0.4, -0.2) is 25.7 Å². The maximum atomic E-state index is 10.4. The van der Waals surface area contributed by atoms with Crippen LogP contribution < -0.4 is 0 Å². The number of hydrogen-bond donors (Lipinski definition) is 2. The molecular formula is C10H13N3O2. The van der Waals surface area contributed by atoms with Crippen molar-refractivity contribution in [2.75, 3.05) is 0 Å². The van der Waals surface area contributed by atoms with Crippen LogP contribution in [0.2, 0.25) is 0 Å². The summed E-state index contributed by atoms with van der Waals surface area (Å²) in [5.74, 6) is -0.791. The van der Waals surface area contributed by atoms with Crippen LogP contribution in [0.3, 0.4) is 0 Å². The Morgan fingerprint density at radius 2 is 2.47 bits per heavy atom. The van der Waals surface area contributed by atoms with Crippen molar-refractivity contribution in [3.63, 3.8) is 0 Å². The van der Waals surface area contributed by atoms with Gasteiger partial charge in [0.1, 0.15) is 0 Å². The van der Waals surface area contributed by atoms with Crippen LogP contribution in [0.5, 0.6) is 0 Å². The standard InChI is InChI=1S/C10H13N3O2/c1-2-7-5-9-11-8(3-4-10(14)15)6-13(9)12-7/h5-6,12H,2-4H2,1H3,(H,14,15). The van der Waals surface area contributed by atoms with Gasteiger partial charge in [-0.05, 0) is 6.42 Å². The normalized spacial score (nSPS) is 11.0. The predicted molar refractivity (Wildman–Crippen MR) is 54.9 cm³/mol. The quantitative estimate of drug-likeness (QED) is 0.792. The lowest BCUT2D eigenvalue weighted by atomic mass is 10.2. The van der Waals surface area contributed by atoms with E-state index in [1.165, 1.54) is 0 Å². The number of aryl methyl sites for hydroxylation is 2. The zero-order chi connectivity index (χ0) is 10.8. The van der Waals surface area contributed by atoms with E-state index in [0.717, 1.165) is 23.5 Å². The molecule has 0 aliphatic carbocycles. The fraction of sp³-hybridized carbons (Fsp3) is 0.400. The summed E-state index contributed by atoms with van der Waals surface area (Å²) in [4.78, 5) is 14.7. The zero-order valence-electron chi connectivity index (χ0n) is 8.53. The number of aliphatic carboxylic acids is 1. The second-order valence-corrected chi connectivity index (χ2v) is 3.49. The lowest BCUT2D eigenvalue weighted by Gasteiger charge is -1.90. The molecule has 0 aliphatic rings. The topological polar surface area (TPSA) is 70.4 Å². The van der Waals surface area contributed by atoms with Crippen LogP contribution in [0, 0.1) is 0 Å². The van der Waals surface area contributed by atoms with Crippen molar-refractivity contribution in [1.82, 2.24) is 14.6 Å². The van der Waals surface area contributed by atoms with Gasteiger partial charge in [0.25, 0.3) is 0 Å². The highest BCUT2D eigenvalue weighted by Gasteiger charge is 2.06. The zero-order valence-corrected chi connectivity index (χ0v) is 8.53. The van der Waals surface area contributed by atoms with E-state index < -0.39 is 5.97 Å². The Morgan fingerprint density at radius 3 is 3.07 bits per heavy atom. The molecule has 15 heavy (non-hydrogen) atoms. The summed E-state index contributed by atoms with van der Waals surface area (Å²) in [5, 5.41) is 11.7. The van der Waals surface area contributed by atoms with Crippen LogP contribution in [0.4, 0.5) is 0 Å². The Hall–Kier alpha value is -1.78. The first-order valence-corrected chi connectivity index (χ1v) is 4.96. The first kappa shape index (κ1) is 9.76. The van der Waals surface area contributed by atoms with Crippen molar-refractivity contribution in [3.05, 3.63) is 23.7 Å². The number of imidazole rings is 1. The molecule has 0 atom stereocenters. The van der Waals surface area contributed by atoms with Crippen LogP contribution >= 0.6 is 0 Å². The highest BCUT2D eigenvalue weighted by atomic mass is 16.4. The lowest BCUT2D eigenvalue weighted by molar-refractivity contribution is -0.136. The minimum Gasteiger partial charge on any atom is -0.481 e. The molecule has 0 unspecified atom stereocenters. The number of hydrogen-bond acceptors (Lipinski definition) is 2. The summed E-state index contributed by atoms with van der Waals surface area (Å²) in [7, 11) is 0. The number of aromatic nitrogens is 3. The van der Waals surface area contributed by atoms with Gasteiger partial charge in [-0.25, -0.2) is 9.50 Å². The van der Waals surface area contributed by atoms with Crippen LogP contribution in [0.25, 0.3) is 5.65 Å². The summed E-state index contributed by atoms with van der Waals surface area (Å²) in [6.07, 6.45) is 3.39. The highest BCUT2D eigenvalue weighted by Crippen LogP contribution is 2.09. The molecule has 0 fully saturated rings. The van der Waals surface area contributed by atoms with E-state index in [4.69, 9.17) is 5.11 Å². The van der Waals surface area contributed by atoms with E-state index in [-0.39, 0.29) is 6.42 Å². The summed E-state index contributed by atoms with van der Waals surface area (Å²) in [6.45, 7) is 2.07. The van der Waals surface area contributed by atoms with Crippen LogP contribution in [-0.2, 0) is 17.6 Å². The molecule has 2 heterocycles. The van der Waals surface area contributed by atoms with Crippen LogP contribution in [0.1, 0.15) is 24.7 Å². The van der Waals surface area contributed by atoms with E-state index in [9.17, 15) is 4.79 Å². The Bertz CT molecular complexity index is 452. The van der Waals surface area contributed by atoms with Crippen molar-refractivity contribution >= 4 is 11.6 Å². The number of carboxylic acids is 1. The first-order valence-electron chi connectivity index (χ1n) is 4.96. The average Bonchev–Trinajstić information content (AvgIpc) is 2.70. The third kappa shape index (κ3) is 2.01. The number of H-pyrrole nitrogens is 1. The second kappa shape index (κ2) is 3.76. The molecule has 0 aromatic carbocycles. The fourth-order valence-electron chi connectivity index (χ4n) is 1.52. The van der Waals surface area contributed by atoms with Gasteiger partial charge in [-0.2, -0.15) is 0 Å². The Morgan fingerprint density at radius 1 is 1.67 bits per heavy atom.